The van der Waals surface area contributed by atoms with Crippen molar-refractivity contribution < 1.29 is 24.0 Å². The van der Waals surface area contributed by atoms with Crippen molar-refractivity contribution in [1.82, 2.24) is 0 Å². The predicted molar refractivity (Wildman–Crippen MR) is 118 cm³/mol. The molecule has 2 aliphatic rings. The SMILES string of the molecule is COc1ccc(OC)c(C2CC(=O)N(c3cc([N+](=O)[O-])ccc3Cl)C3=C2C(=O)CCC3)c1. The topological polar surface area (TPSA) is 99.0 Å². The number of nitrogens with zero attached hydrogens (tertiary/aromatic N) is 2. The quantitative estimate of drug-likeness (QED) is 0.473. The lowest BCUT2D eigenvalue weighted by Gasteiger charge is -2.38. The van der Waals surface area contributed by atoms with Crippen LogP contribution in [0.25, 0.3) is 0 Å². The molecule has 166 valence electrons. The largest absolute Gasteiger partial charge is 0.497 e. The molecule has 1 unspecified atom stereocenters. The summed E-state index contributed by atoms with van der Waals surface area (Å²) >= 11 is 6.35. The van der Waals surface area contributed by atoms with Crippen molar-refractivity contribution in [2.24, 2.45) is 0 Å². The number of hydrogen-bond donors (Lipinski definition) is 0. The van der Waals surface area contributed by atoms with E-state index >= 15 is 0 Å². The normalized spacial score (nSPS) is 18.5. The van der Waals surface area contributed by atoms with Crippen molar-refractivity contribution >= 4 is 34.7 Å². The molecule has 1 atom stereocenters. The number of ketones is 1. The molecule has 9 heteroatoms. The Bertz CT molecular complexity index is 1160. The lowest BCUT2D eigenvalue weighted by atomic mass is 9.76. The number of anilines is 1. The smallest absolute Gasteiger partial charge is 0.271 e. The Hall–Kier alpha value is -3.39. The monoisotopic (exact) mass is 456 g/mol. The Morgan fingerprint density at radius 3 is 2.56 bits per heavy atom. The van der Waals surface area contributed by atoms with Crippen LogP contribution in [0.2, 0.25) is 5.02 Å². The van der Waals surface area contributed by atoms with E-state index < -0.39 is 10.8 Å². The molecule has 0 saturated carbocycles. The Labute approximate surface area is 189 Å². The molecule has 4 rings (SSSR count). The number of nitro benzene ring substituents is 1. The first-order valence-electron chi connectivity index (χ1n) is 10.1. The Kier molecular flexibility index (Phi) is 5.88. The molecule has 0 saturated heterocycles. The average Bonchev–Trinajstić information content (AvgIpc) is 2.78. The van der Waals surface area contributed by atoms with Crippen molar-refractivity contribution in [1.29, 1.82) is 0 Å². The van der Waals surface area contributed by atoms with Crippen LogP contribution in [-0.2, 0) is 9.59 Å². The van der Waals surface area contributed by atoms with Crippen LogP contribution in [-0.4, -0.2) is 30.8 Å². The number of halogens is 1. The maximum Gasteiger partial charge on any atom is 0.271 e. The van der Waals surface area contributed by atoms with Gasteiger partial charge in [0.2, 0.25) is 5.91 Å². The number of ether oxygens (including phenoxy) is 2. The lowest BCUT2D eigenvalue weighted by Crippen LogP contribution is -2.40. The highest BCUT2D eigenvalue weighted by Crippen LogP contribution is 2.47. The highest BCUT2D eigenvalue weighted by atomic mass is 35.5. The molecule has 2 aromatic carbocycles. The molecule has 1 amide bonds. The summed E-state index contributed by atoms with van der Waals surface area (Å²) in [6, 6.07) is 9.22. The van der Waals surface area contributed by atoms with Gasteiger partial charge in [-0.15, -0.1) is 0 Å². The molecule has 0 N–H and O–H groups in total. The first kappa shape index (κ1) is 21.8. The Balaban J connectivity index is 1.92. The minimum atomic E-state index is -0.542. The minimum absolute atomic E-state index is 0.00682. The van der Waals surface area contributed by atoms with Crippen LogP contribution < -0.4 is 14.4 Å². The molecule has 0 bridgehead atoms. The number of nitro groups is 1. The van der Waals surface area contributed by atoms with Crippen molar-refractivity contribution in [2.75, 3.05) is 19.1 Å². The van der Waals surface area contributed by atoms with Gasteiger partial charge in [0.15, 0.2) is 5.78 Å². The van der Waals surface area contributed by atoms with Crippen molar-refractivity contribution in [3.05, 3.63) is 68.4 Å². The van der Waals surface area contributed by atoms with Gasteiger partial charge in [-0.2, -0.15) is 0 Å². The fourth-order valence-electron chi connectivity index (χ4n) is 4.44. The number of benzene rings is 2. The zero-order chi connectivity index (χ0) is 23.0. The molecule has 1 aliphatic heterocycles. The lowest BCUT2D eigenvalue weighted by molar-refractivity contribution is -0.384. The van der Waals surface area contributed by atoms with Gasteiger partial charge in [-0.3, -0.25) is 24.6 Å². The fourth-order valence-corrected chi connectivity index (χ4v) is 4.64. The summed E-state index contributed by atoms with van der Waals surface area (Å²) in [7, 11) is 3.07. The number of allylic oxidation sites excluding steroid dienone is 2. The predicted octanol–water partition coefficient (Wildman–Crippen LogP) is 4.79. The Morgan fingerprint density at radius 1 is 1.09 bits per heavy atom. The van der Waals surface area contributed by atoms with Crippen LogP contribution in [0.5, 0.6) is 11.5 Å². The second-order valence-corrected chi connectivity index (χ2v) is 8.03. The maximum absolute atomic E-state index is 13.4. The van der Waals surface area contributed by atoms with Crippen molar-refractivity contribution in [3.63, 3.8) is 0 Å². The fraction of sp³-hybridized carbons (Fsp3) is 0.304. The molecule has 0 aromatic heterocycles. The zero-order valence-corrected chi connectivity index (χ0v) is 18.3. The number of methoxy groups -OCH3 is 2. The van der Waals surface area contributed by atoms with Gasteiger partial charge >= 0.3 is 0 Å². The molecular formula is C23H21ClN2O6. The van der Waals surface area contributed by atoms with Gasteiger partial charge in [0.1, 0.15) is 11.5 Å². The maximum atomic E-state index is 13.4. The summed E-state index contributed by atoms with van der Waals surface area (Å²) in [6.07, 6.45) is 1.42. The van der Waals surface area contributed by atoms with E-state index in [0.717, 1.165) is 0 Å². The van der Waals surface area contributed by atoms with Gasteiger partial charge in [0.25, 0.3) is 5.69 Å². The number of Topliss-reactive ketones (excluding diaryl/α,β-unsaturated/α-hetero) is 1. The van der Waals surface area contributed by atoms with E-state index in [1.807, 2.05) is 0 Å². The standard InChI is InChI=1S/C23H21ClN2O6/c1-31-14-7-9-21(32-2)15(11-14)16-12-22(28)25(18-4-3-5-20(27)23(16)18)19-10-13(26(29)30)6-8-17(19)24/h6-11,16H,3-5,12H2,1-2H3. The molecule has 0 spiro atoms. The number of hydrogen-bond acceptors (Lipinski definition) is 6. The van der Waals surface area contributed by atoms with Gasteiger partial charge in [-0.1, -0.05) is 11.6 Å². The van der Waals surface area contributed by atoms with Crippen LogP contribution in [0.15, 0.2) is 47.7 Å². The Morgan fingerprint density at radius 2 is 1.88 bits per heavy atom. The van der Waals surface area contributed by atoms with Crippen LogP contribution >= 0.6 is 11.6 Å². The third kappa shape index (κ3) is 3.71. The van der Waals surface area contributed by atoms with Gasteiger partial charge in [-0.25, -0.2) is 0 Å². The summed E-state index contributed by atoms with van der Waals surface area (Å²) in [4.78, 5) is 38.6. The summed E-state index contributed by atoms with van der Waals surface area (Å²) in [5.74, 6) is 0.276. The van der Waals surface area contributed by atoms with E-state index in [2.05, 4.69) is 0 Å². The van der Waals surface area contributed by atoms with Gasteiger partial charge in [-0.05, 0) is 37.1 Å². The molecule has 1 aliphatic carbocycles. The van der Waals surface area contributed by atoms with E-state index in [1.54, 1.807) is 25.3 Å². The molecular weight excluding hydrogens is 436 g/mol. The number of carbonyl (C=O) groups is 2. The number of carbonyl (C=O) groups excluding carboxylic acids is 2. The molecule has 0 radical (unpaired) electrons. The average molecular weight is 457 g/mol. The molecule has 1 heterocycles. The van der Waals surface area contributed by atoms with E-state index in [-0.39, 0.29) is 34.5 Å². The zero-order valence-electron chi connectivity index (χ0n) is 17.6. The van der Waals surface area contributed by atoms with Crippen LogP contribution in [0.4, 0.5) is 11.4 Å². The van der Waals surface area contributed by atoms with Gasteiger partial charge in [0, 0.05) is 47.7 Å². The summed E-state index contributed by atoms with van der Waals surface area (Å²) in [5, 5.41) is 11.5. The highest BCUT2D eigenvalue weighted by Gasteiger charge is 2.41. The van der Waals surface area contributed by atoms with Crippen molar-refractivity contribution in [2.45, 2.75) is 31.6 Å². The second kappa shape index (κ2) is 8.63. The number of amides is 1. The first-order valence-corrected chi connectivity index (χ1v) is 10.5. The third-order valence-electron chi connectivity index (χ3n) is 5.87. The van der Waals surface area contributed by atoms with Gasteiger partial charge in [0.05, 0.1) is 29.9 Å². The molecule has 32 heavy (non-hydrogen) atoms. The third-order valence-corrected chi connectivity index (χ3v) is 6.19. The van der Waals surface area contributed by atoms with E-state index in [4.69, 9.17) is 21.1 Å². The number of rotatable bonds is 5. The first-order chi connectivity index (χ1) is 15.3. The van der Waals surface area contributed by atoms with Gasteiger partial charge < -0.3 is 9.47 Å². The molecule has 0 fully saturated rings. The minimum Gasteiger partial charge on any atom is -0.497 e. The highest BCUT2D eigenvalue weighted by molar-refractivity contribution is 6.34. The van der Waals surface area contributed by atoms with E-state index in [1.165, 1.54) is 30.2 Å². The molecule has 8 nitrogen and oxygen atoms in total. The van der Waals surface area contributed by atoms with Crippen LogP contribution in [0.3, 0.4) is 0 Å². The second-order valence-electron chi connectivity index (χ2n) is 7.62. The summed E-state index contributed by atoms with van der Waals surface area (Å²) in [5.41, 5.74) is 1.77. The van der Waals surface area contributed by atoms with Crippen molar-refractivity contribution in [3.8, 4) is 11.5 Å². The van der Waals surface area contributed by atoms with E-state index in [0.29, 0.717) is 47.6 Å². The number of non-ortho nitro benzene ring substituents is 1. The summed E-state index contributed by atoms with van der Waals surface area (Å²) < 4.78 is 10.9. The molecule has 2 aromatic rings. The van der Waals surface area contributed by atoms with Crippen LogP contribution in [0, 0.1) is 10.1 Å². The van der Waals surface area contributed by atoms with E-state index in [9.17, 15) is 19.7 Å². The summed E-state index contributed by atoms with van der Waals surface area (Å²) in [6.45, 7) is 0. The van der Waals surface area contributed by atoms with Crippen LogP contribution in [0.1, 0.15) is 37.2 Å².